The fourth-order valence-corrected chi connectivity index (χ4v) is 2.95. The van der Waals surface area contributed by atoms with Gasteiger partial charge in [-0.25, -0.2) is 0 Å². The van der Waals surface area contributed by atoms with Gasteiger partial charge in [-0.05, 0) is 17.1 Å². The van der Waals surface area contributed by atoms with E-state index in [0.717, 1.165) is 17.0 Å². The Balaban J connectivity index is 1.61. The van der Waals surface area contributed by atoms with Crippen molar-refractivity contribution in [2.45, 2.75) is 6.61 Å². The Bertz CT molecular complexity index is 1100. The number of anilines is 1. The number of carbonyl (C=O) groups is 1. The van der Waals surface area contributed by atoms with Crippen LogP contribution in [0.2, 0.25) is 0 Å². The fraction of sp³-hybridized carbons (Fsp3) is 0.158. The zero-order valence-electron chi connectivity index (χ0n) is 15.0. The Hall–Kier alpha value is -3.52. The van der Waals surface area contributed by atoms with E-state index < -0.39 is 0 Å². The molecule has 8 nitrogen and oxygen atoms in total. The van der Waals surface area contributed by atoms with Gasteiger partial charge in [0.1, 0.15) is 11.9 Å². The van der Waals surface area contributed by atoms with Gasteiger partial charge in [0.05, 0.1) is 24.6 Å². The molecule has 0 atom stereocenters. The minimum Gasteiger partial charge on any atom is -0.380 e. The molecular formula is C19H19N6O2+. The molecule has 0 aliphatic heterocycles. The van der Waals surface area contributed by atoms with E-state index in [4.69, 9.17) is 4.74 Å². The van der Waals surface area contributed by atoms with Crippen molar-refractivity contribution in [1.29, 1.82) is 0 Å². The summed E-state index contributed by atoms with van der Waals surface area (Å²) in [5.74, 6) is 0.512. The lowest BCUT2D eigenvalue weighted by atomic mass is 10.2. The van der Waals surface area contributed by atoms with Gasteiger partial charge in [-0.3, -0.25) is 9.48 Å². The molecule has 3 heterocycles. The second-order valence-corrected chi connectivity index (χ2v) is 6.11. The van der Waals surface area contributed by atoms with Crippen LogP contribution < -0.4 is 9.83 Å². The molecule has 2 N–H and O–H groups in total. The van der Waals surface area contributed by atoms with Gasteiger partial charge in [-0.1, -0.05) is 18.2 Å². The van der Waals surface area contributed by atoms with Crippen molar-refractivity contribution in [3.63, 3.8) is 0 Å². The number of amides is 1. The first-order valence-electron chi connectivity index (χ1n) is 8.43. The number of fused-ring (bicyclic) bond motifs is 1. The van der Waals surface area contributed by atoms with Crippen LogP contribution in [0.1, 0.15) is 16.1 Å². The molecule has 8 heteroatoms. The number of aromatic nitrogens is 5. The molecule has 136 valence electrons. The topological polar surface area (TPSA) is 88.9 Å². The summed E-state index contributed by atoms with van der Waals surface area (Å²) in [7, 11) is 3.31. The molecule has 4 aromatic rings. The van der Waals surface area contributed by atoms with Crippen molar-refractivity contribution in [3.8, 4) is 11.4 Å². The average molecular weight is 363 g/mol. The van der Waals surface area contributed by atoms with Gasteiger partial charge in [-0.15, -0.1) is 4.52 Å². The molecule has 0 saturated heterocycles. The summed E-state index contributed by atoms with van der Waals surface area (Å²) in [6.45, 7) is 0.325. The first kappa shape index (κ1) is 16.9. The van der Waals surface area contributed by atoms with Crippen LogP contribution in [0.5, 0.6) is 0 Å². The Morgan fingerprint density at radius 3 is 2.89 bits per heavy atom. The minimum absolute atomic E-state index is 0.245. The highest BCUT2D eigenvalue weighted by molar-refractivity contribution is 6.04. The van der Waals surface area contributed by atoms with E-state index >= 15 is 0 Å². The summed E-state index contributed by atoms with van der Waals surface area (Å²) in [4.78, 5) is 17.3. The largest absolute Gasteiger partial charge is 0.380 e. The van der Waals surface area contributed by atoms with Crippen LogP contribution in [0.15, 0.2) is 54.9 Å². The molecule has 0 aliphatic rings. The van der Waals surface area contributed by atoms with E-state index in [2.05, 4.69) is 20.5 Å². The SMILES string of the molecule is COCc1cnn(C)c1C(=O)Nc1cc[n+]2[nH]c(-c3ccccc3)nc2c1. The molecule has 3 aromatic heterocycles. The highest BCUT2D eigenvalue weighted by atomic mass is 16.5. The van der Waals surface area contributed by atoms with Crippen LogP contribution >= 0.6 is 0 Å². The van der Waals surface area contributed by atoms with Crippen LogP contribution in [-0.2, 0) is 18.4 Å². The first-order valence-corrected chi connectivity index (χ1v) is 8.43. The monoisotopic (exact) mass is 363 g/mol. The third-order valence-electron chi connectivity index (χ3n) is 4.22. The van der Waals surface area contributed by atoms with E-state index in [1.165, 1.54) is 0 Å². The highest BCUT2D eigenvalue weighted by Gasteiger charge is 2.19. The van der Waals surface area contributed by atoms with E-state index in [0.29, 0.717) is 23.6 Å². The molecule has 0 radical (unpaired) electrons. The van der Waals surface area contributed by atoms with Crippen LogP contribution in [-0.4, -0.2) is 32.9 Å². The van der Waals surface area contributed by atoms with Gasteiger partial charge in [0.25, 0.3) is 11.7 Å². The second kappa shape index (κ2) is 7.00. The van der Waals surface area contributed by atoms with Crippen LogP contribution in [0.3, 0.4) is 0 Å². The van der Waals surface area contributed by atoms with Crippen LogP contribution in [0.4, 0.5) is 5.69 Å². The number of H-pyrrole nitrogens is 1. The Morgan fingerprint density at radius 2 is 2.11 bits per heavy atom. The Labute approximate surface area is 155 Å². The standard InChI is InChI=1S/C19H18N6O2/c1-24-17(14(11-20-24)12-27-2)19(26)21-15-8-9-25-16(10-15)22-18(23-25)13-6-4-3-5-7-13/h3-11H,12H2,1-2H3,(H,21,22,23,26)/p+1. The summed E-state index contributed by atoms with van der Waals surface area (Å²) in [6.07, 6.45) is 3.46. The van der Waals surface area contributed by atoms with Crippen molar-refractivity contribution in [2.75, 3.05) is 12.4 Å². The lowest BCUT2D eigenvalue weighted by molar-refractivity contribution is -0.576. The maximum atomic E-state index is 12.7. The zero-order chi connectivity index (χ0) is 18.8. The predicted molar refractivity (Wildman–Crippen MR) is 99.1 cm³/mol. The lowest BCUT2D eigenvalue weighted by Crippen LogP contribution is -2.23. The number of aryl methyl sites for hydroxylation is 1. The molecule has 0 saturated carbocycles. The number of aromatic amines is 1. The molecule has 0 bridgehead atoms. The van der Waals surface area contributed by atoms with E-state index in [1.807, 2.05) is 48.7 Å². The lowest BCUT2D eigenvalue weighted by Gasteiger charge is -2.06. The number of ether oxygens (including phenoxy) is 1. The molecule has 0 spiro atoms. The quantitative estimate of drug-likeness (QED) is 0.531. The summed E-state index contributed by atoms with van der Waals surface area (Å²) in [5.41, 5.74) is 3.55. The highest BCUT2D eigenvalue weighted by Crippen LogP contribution is 2.16. The average Bonchev–Trinajstić information content (AvgIpc) is 3.26. The van der Waals surface area contributed by atoms with Gasteiger partial charge in [0.15, 0.2) is 0 Å². The van der Waals surface area contributed by atoms with Crippen molar-refractivity contribution in [2.24, 2.45) is 7.05 Å². The molecular weight excluding hydrogens is 344 g/mol. The van der Waals surface area contributed by atoms with Gasteiger partial charge in [0, 0.05) is 31.4 Å². The summed E-state index contributed by atoms with van der Waals surface area (Å²) >= 11 is 0. The van der Waals surface area contributed by atoms with Crippen LogP contribution in [0.25, 0.3) is 17.0 Å². The Kier molecular flexibility index (Phi) is 4.39. The van der Waals surface area contributed by atoms with Gasteiger partial charge in [0.2, 0.25) is 0 Å². The molecule has 0 unspecified atom stereocenters. The number of methoxy groups -OCH3 is 1. The van der Waals surface area contributed by atoms with E-state index in [9.17, 15) is 4.79 Å². The number of carbonyl (C=O) groups excluding carboxylic acids is 1. The second-order valence-electron chi connectivity index (χ2n) is 6.11. The maximum Gasteiger partial charge on any atom is 0.351 e. The van der Waals surface area contributed by atoms with Crippen LogP contribution in [0, 0.1) is 0 Å². The number of rotatable bonds is 5. The van der Waals surface area contributed by atoms with Crippen molar-refractivity contribution >= 4 is 17.2 Å². The third-order valence-corrected chi connectivity index (χ3v) is 4.22. The molecule has 0 aliphatic carbocycles. The van der Waals surface area contributed by atoms with Crippen molar-refractivity contribution in [3.05, 3.63) is 66.1 Å². The molecule has 0 fully saturated rings. The zero-order valence-corrected chi connectivity index (χ0v) is 15.0. The normalized spacial score (nSPS) is 11.0. The Morgan fingerprint density at radius 1 is 1.30 bits per heavy atom. The van der Waals surface area contributed by atoms with E-state index in [1.54, 1.807) is 29.6 Å². The summed E-state index contributed by atoms with van der Waals surface area (Å²) in [6, 6.07) is 13.5. The van der Waals surface area contributed by atoms with E-state index in [-0.39, 0.29) is 5.91 Å². The number of hydrogen-bond acceptors (Lipinski definition) is 4. The number of pyridine rings is 1. The maximum absolute atomic E-state index is 12.7. The first-order chi connectivity index (χ1) is 13.2. The fourth-order valence-electron chi connectivity index (χ4n) is 2.95. The van der Waals surface area contributed by atoms with Crippen molar-refractivity contribution < 1.29 is 14.0 Å². The number of hydrogen-bond donors (Lipinski definition) is 2. The number of nitrogens with one attached hydrogen (secondary N) is 2. The molecule has 1 amide bonds. The molecule has 1 aromatic carbocycles. The molecule has 4 rings (SSSR count). The predicted octanol–water partition coefficient (Wildman–Crippen LogP) is 1.95. The third kappa shape index (κ3) is 3.30. The summed E-state index contributed by atoms with van der Waals surface area (Å²) < 4.78 is 8.48. The van der Waals surface area contributed by atoms with Gasteiger partial charge < -0.3 is 10.1 Å². The summed E-state index contributed by atoms with van der Waals surface area (Å²) in [5, 5.41) is 10.3. The van der Waals surface area contributed by atoms with Gasteiger partial charge >= 0.3 is 5.65 Å². The van der Waals surface area contributed by atoms with Crippen molar-refractivity contribution in [1.82, 2.24) is 19.9 Å². The smallest absolute Gasteiger partial charge is 0.351 e. The number of nitrogens with zero attached hydrogens (tertiary/aromatic N) is 4. The molecule has 27 heavy (non-hydrogen) atoms. The number of benzene rings is 1. The van der Waals surface area contributed by atoms with Gasteiger partial charge in [-0.2, -0.15) is 10.2 Å². The minimum atomic E-state index is -0.245.